The molecule has 28 heavy (non-hydrogen) atoms. The average Bonchev–Trinajstić information content (AvgIpc) is 3.48. The predicted molar refractivity (Wildman–Crippen MR) is 116 cm³/mol. The van der Waals surface area contributed by atoms with Crippen molar-refractivity contribution in [2.45, 2.75) is 51.2 Å². The number of hydrogen-bond acceptors (Lipinski definition) is 2. The summed E-state index contributed by atoms with van der Waals surface area (Å²) >= 11 is 0. The quantitative estimate of drug-likeness (QED) is 0.463. The molecule has 3 aromatic carbocycles. The summed E-state index contributed by atoms with van der Waals surface area (Å²) in [6.45, 7) is 4.26. The van der Waals surface area contributed by atoms with Crippen molar-refractivity contribution < 1.29 is 4.74 Å². The third-order valence-electron chi connectivity index (χ3n) is 6.28. The molecule has 142 valence electrons. The van der Waals surface area contributed by atoms with Gasteiger partial charge in [-0.3, -0.25) is 0 Å². The Balaban J connectivity index is 1.52. The zero-order valence-corrected chi connectivity index (χ0v) is 16.7. The van der Waals surface area contributed by atoms with Crippen molar-refractivity contribution >= 4 is 17.1 Å². The van der Waals surface area contributed by atoms with Crippen molar-refractivity contribution in [1.29, 1.82) is 0 Å². The van der Waals surface area contributed by atoms with E-state index in [9.17, 15) is 0 Å². The first-order valence-corrected chi connectivity index (χ1v) is 10.4. The maximum Gasteiger partial charge on any atom is 0.120 e. The SMILES string of the molecule is Cc1ccc(N(c2ccc(C)cc2)c2ccc(C34CCCCC3O4)cc2)cc1. The Hall–Kier alpha value is -2.58. The van der Waals surface area contributed by atoms with Gasteiger partial charge < -0.3 is 9.64 Å². The van der Waals surface area contributed by atoms with Gasteiger partial charge in [0.05, 0.1) is 6.10 Å². The molecule has 0 radical (unpaired) electrons. The second kappa shape index (κ2) is 6.79. The van der Waals surface area contributed by atoms with E-state index >= 15 is 0 Å². The molecule has 2 unspecified atom stereocenters. The highest BCUT2D eigenvalue weighted by Gasteiger charge is 2.58. The number of benzene rings is 3. The Bertz CT molecular complexity index is 913. The summed E-state index contributed by atoms with van der Waals surface area (Å²) in [6.07, 6.45) is 5.39. The third-order valence-corrected chi connectivity index (χ3v) is 6.28. The molecular weight excluding hydrogens is 342 g/mol. The van der Waals surface area contributed by atoms with Crippen molar-refractivity contribution in [3.63, 3.8) is 0 Å². The summed E-state index contributed by atoms with van der Waals surface area (Å²) in [7, 11) is 0. The molecule has 0 N–H and O–H groups in total. The van der Waals surface area contributed by atoms with E-state index in [2.05, 4.69) is 91.5 Å². The van der Waals surface area contributed by atoms with E-state index in [4.69, 9.17) is 4.74 Å². The van der Waals surface area contributed by atoms with E-state index in [1.165, 1.54) is 53.0 Å². The molecule has 5 rings (SSSR count). The first-order chi connectivity index (χ1) is 13.7. The van der Waals surface area contributed by atoms with Gasteiger partial charge in [-0.05, 0) is 68.7 Å². The molecule has 3 aromatic rings. The molecule has 1 aliphatic heterocycles. The van der Waals surface area contributed by atoms with E-state index < -0.39 is 0 Å². The molecule has 0 amide bonds. The van der Waals surface area contributed by atoms with Crippen LogP contribution in [0.15, 0.2) is 72.8 Å². The molecule has 1 saturated heterocycles. The fraction of sp³-hybridized carbons (Fsp3) is 0.308. The minimum Gasteiger partial charge on any atom is -0.361 e. The summed E-state index contributed by atoms with van der Waals surface area (Å²) in [5.74, 6) is 0. The third kappa shape index (κ3) is 3.02. The fourth-order valence-electron chi connectivity index (χ4n) is 4.57. The van der Waals surface area contributed by atoms with Gasteiger partial charge in [0, 0.05) is 17.1 Å². The number of fused-ring (bicyclic) bond motifs is 1. The second-order valence-corrected chi connectivity index (χ2v) is 8.30. The number of ether oxygens (including phenoxy) is 1. The zero-order valence-electron chi connectivity index (χ0n) is 16.7. The fourth-order valence-corrected chi connectivity index (χ4v) is 4.57. The number of hydrogen-bond donors (Lipinski definition) is 0. The monoisotopic (exact) mass is 369 g/mol. The molecule has 0 bridgehead atoms. The summed E-state index contributed by atoms with van der Waals surface area (Å²) < 4.78 is 6.13. The lowest BCUT2D eigenvalue weighted by Crippen LogP contribution is -2.17. The zero-order chi connectivity index (χ0) is 19.1. The lowest BCUT2D eigenvalue weighted by molar-refractivity contribution is 0.289. The van der Waals surface area contributed by atoms with E-state index in [1.807, 2.05) is 0 Å². The van der Waals surface area contributed by atoms with Gasteiger partial charge in [-0.1, -0.05) is 60.4 Å². The largest absolute Gasteiger partial charge is 0.361 e. The Morgan fingerprint density at radius 1 is 0.714 bits per heavy atom. The summed E-state index contributed by atoms with van der Waals surface area (Å²) in [5.41, 5.74) is 7.44. The summed E-state index contributed by atoms with van der Waals surface area (Å²) in [4.78, 5) is 2.33. The van der Waals surface area contributed by atoms with Crippen LogP contribution in [-0.4, -0.2) is 6.10 Å². The molecule has 0 aromatic heterocycles. The Morgan fingerprint density at radius 2 is 1.21 bits per heavy atom. The summed E-state index contributed by atoms with van der Waals surface area (Å²) in [5, 5.41) is 0. The highest BCUT2D eigenvalue weighted by molar-refractivity contribution is 5.76. The van der Waals surface area contributed by atoms with Crippen molar-refractivity contribution in [3.05, 3.63) is 89.5 Å². The van der Waals surface area contributed by atoms with Crippen molar-refractivity contribution in [3.8, 4) is 0 Å². The van der Waals surface area contributed by atoms with Gasteiger partial charge in [-0.2, -0.15) is 0 Å². The van der Waals surface area contributed by atoms with Crippen LogP contribution in [0.3, 0.4) is 0 Å². The van der Waals surface area contributed by atoms with Crippen LogP contribution in [0, 0.1) is 13.8 Å². The van der Waals surface area contributed by atoms with Gasteiger partial charge in [0.15, 0.2) is 0 Å². The molecule has 1 heterocycles. The molecule has 0 spiro atoms. The van der Waals surface area contributed by atoms with Crippen LogP contribution in [-0.2, 0) is 10.3 Å². The van der Waals surface area contributed by atoms with Gasteiger partial charge in [0.25, 0.3) is 0 Å². The van der Waals surface area contributed by atoms with E-state index in [1.54, 1.807) is 0 Å². The Labute approximate surface area is 167 Å². The highest BCUT2D eigenvalue weighted by Crippen LogP contribution is 2.55. The number of anilines is 3. The van der Waals surface area contributed by atoms with Gasteiger partial charge in [-0.25, -0.2) is 0 Å². The van der Waals surface area contributed by atoms with Crippen LogP contribution in [0.1, 0.15) is 42.4 Å². The Kier molecular flexibility index (Phi) is 4.25. The molecular formula is C26H27NO. The number of aryl methyl sites for hydroxylation is 2. The van der Waals surface area contributed by atoms with E-state index in [-0.39, 0.29) is 5.60 Å². The smallest absolute Gasteiger partial charge is 0.120 e. The maximum absolute atomic E-state index is 6.13. The minimum absolute atomic E-state index is 0.00925. The number of rotatable bonds is 4. The van der Waals surface area contributed by atoms with Crippen molar-refractivity contribution in [1.82, 2.24) is 0 Å². The van der Waals surface area contributed by atoms with Gasteiger partial charge in [0.2, 0.25) is 0 Å². The lowest BCUT2D eigenvalue weighted by Gasteiger charge is -2.26. The van der Waals surface area contributed by atoms with Crippen molar-refractivity contribution in [2.24, 2.45) is 0 Å². The van der Waals surface area contributed by atoms with Crippen LogP contribution in [0.5, 0.6) is 0 Å². The van der Waals surface area contributed by atoms with Crippen LogP contribution in [0.2, 0.25) is 0 Å². The second-order valence-electron chi connectivity index (χ2n) is 8.30. The molecule has 2 atom stereocenters. The number of epoxide rings is 1. The van der Waals surface area contributed by atoms with Gasteiger partial charge in [-0.15, -0.1) is 0 Å². The van der Waals surface area contributed by atoms with E-state index in [0.29, 0.717) is 6.10 Å². The highest BCUT2D eigenvalue weighted by atomic mass is 16.6. The van der Waals surface area contributed by atoms with Crippen molar-refractivity contribution in [2.75, 3.05) is 4.90 Å². The van der Waals surface area contributed by atoms with E-state index in [0.717, 1.165) is 6.42 Å². The molecule has 2 nitrogen and oxygen atoms in total. The predicted octanol–water partition coefficient (Wildman–Crippen LogP) is 6.94. The molecule has 2 heteroatoms. The van der Waals surface area contributed by atoms with Crippen LogP contribution < -0.4 is 4.90 Å². The van der Waals surface area contributed by atoms with Gasteiger partial charge in [0.1, 0.15) is 5.60 Å². The number of nitrogens with zero attached hydrogens (tertiary/aromatic N) is 1. The van der Waals surface area contributed by atoms with Crippen LogP contribution in [0.4, 0.5) is 17.1 Å². The van der Waals surface area contributed by atoms with Crippen LogP contribution in [0.25, 0.3) is 0 Å². The molecule has 1 saturated carbocycles. The maximum atomic E-state index is 6.13. The minimum atomic E-state index is 0.00925. The normalized spacial score (nSPS) is 23.1. The molecule has 2 aliphatic rings. The lowest BCUT2D eigenvalue weighted by atomic mass is 9.84. The molecule has 2 fully saturated rings. The first-order valence-electron chi connectivity index (χ1n) is 10.4. The van der Waals surface area contributed by atoms with Gasteiger partial charge >= 0.3 is 0 Å². The Morgan fingerprint density at radius 3 is 1.71 bits per heavy atom. The summed E-state index contributed by atoms with van der Waals surface area (Å²) in [6, 6.07) is 26.5. The topological polar surface area (TPSA) is 15.8 Å². The molecule has 1 aliphatic carbocycles. The first kappa shape index (κ1) is 17.5. The average molecular weight is 370 g/mol. The van der Waals surface area contributed by atoms with Crippen LogP contribution >= 0.6 is 0 Å². The standard InChI is InChI=1S/C26H27NO/c1-19-6-12-22(13-7-19)27(23-14-8-20(2)9-15-23)24-16-10-21(11-17-24)26-18-4-3-5-25(26)28-26/h6-17,25H,3-5,18H2,1-2H3.